The maximum atomic E-state index is 11.8. The topological polar surface area (TPSA) is 52.6 Å². The van der Waals surface area contributed by atoms with Gasteiger partial charge in [-0.15, -0.1) is 0 Å². The molecule has 0 aromatic heterocycles. The largest absolute Gasteiger partial charge is 0.462 e. The van der Waals surface area contributed by atoms with E-state index >= 15 is 0 Å². The second-order valence-corrected chi connectivity index (χ2v) is 5.02. The Morgan fingerprint density at radius 2 is 1.33 bits per heavy atom. The lowest BCUT2D eigenvalue weighted by Gasteiger charge is -2.18. The molecule has 0 heterocycles. The van der Waals surface area contributed by atoms with Crippen molar-refractivity contribution in [3.05, 3.63) is 0 Å². The monoisotopic (exact) mass is 258 g/mol. The highest BCUT2D eigenvalue weighted by molar-refractivity contribution is 5.95. The van der Waals surface area contributed by atoms with Crippen LogP contribution in [0.25, 0.3) is 0 Å². The smallest absolute Gasteiger partial charge is 0.320 e. The quantitative estimate of drug-likeness (QED) is 0.381. The Hall–Kier alpha value is -1.06. The summed E-state index contributed by atoms with van der Waals surface area (Å²) < 4.78 is 10.2. The predicted molar refractivity (Wildman–Crippen MR) is 70.1 cm³/mol. The number of carbonyl (C=O) groups is 2. The van der Waals surface area contributed by atoms with Crippen molar-refractivity contribution >= 4 is 11.9 Å². The van der Waals surface area contributed by atoms with Gasteiger partial charge in [0.05, 0.1) is 12.2 Å². The Balaban J connectivity index is 4.49. The van der Waals surface area contributed by atoms with Gasteiger partial charge in [-0.3, -0.25) is 9.59 Å². The van der Waals surface area contributed by atoms with Crippen LogP contribution in [0.15, 0.2) is 0 Å². The van der Waals surface area contributed by atoms with Gasteiger partial charge in [-0.2, -0.15) is 0 Å². The second-order valence-electron chi connectivity index (χ2n) is 5.02. The van der Waals surface area contributed by atoms with Crippen LogP contribution in [0.2, 0.25) is 0 Å². The van der Waals surface area contributed by atoms with Gasteiger partial charge in [-0.05, 0) is 34.1 Å². The molecule has 0 rings (SSSR count). The van der Waals surface area contributed by atoms with Crippen LogP contribution in [0, 0.1) is 5.92 Å². The van der Waals surface area contributed by atoms with Crippen molar-refractivity contribution in [1.29, 1.82) is 0 Å². The molecule has 0 amide bonds. The standard InChI is InChI=1S/C14H26O4/c1-6-7-8-9-12(13(15)17-10(2)3)14(16)18-11(4)5/h10-12H,6-9H2,1-5H3. The Bertz CT molecular complexity index is 237. The van der Waals surface area contributed by atoms with Gasteiger partial charge >= 0.3 is 11.9 Å². The fourth-order valence-electron chi connectivity index (χ4n) is 1.56. The zero-order chi connectivity index (χ0) is 14.1. The van der Waals surface area contributed by atoms with Crippen LogP contribution < -0.4 is 0 Å². The molecule has 18 heavy (non-hydrogen) atoms. The third-order valence-corrected chi connectivity index (χ3v) is 2.37. The number of hydrogen-bond donors (Lipinski definition) is 0. The molecular formula is C14H26O4. The zero-order valence-corrected chi connectivity index (χ0v) is 12.2. The van der Waals surface area contributed by atoms with Crippen molar-refractivity contribution in [2.45, 2.75) is 72.5 Å². The van der Waals surface area contributed by atoms with Crippen molar-refractivity contribution in [1.82, 2.24) is 0 Å². The Kier molecular flexibility index (Phi) is 8.42. The van der Waals surface area contributed by atoms with Crippen molar-refractivity contribution in [2.24, 2.45) is 5.92 Å². The van der Waals surface area contributed by atoms with E-state index in [4.69, 9.17) is 9.47 Å². The van der Waals surface area contributed by atoms with E-state index in [1.807, 2.05) is 0 Å². The third-order valence-electron chi connectivity index (χ3n) is 2.37. The SMILES string of the molecule is CCCCCC(C(=O)OC(C)C)C(=O)OC(C)C. The highest BCUT2D eigenvalue weighted by Gasteiger charge is 2.30. The van der Waals surface area contributed by atoms with E-state index in [0.29, 0.717) is 6.42 Å². The first-order valence-corrected chi connectivity index (χ1v) is 6.79. The van der Waals surface area contributed by atoms with Crippen LogP contribution in [0.4, 0.5) is 0 Å². The third kappa shape index (κ3) is 7.30. The minimum atomic E-state index is -0.777. The molecule has 0 aliphatic heterocycles. The Labute approximate surface area is 110 Å². The van der Waals surface area contributed by atoms with Crippen LogP contribution >= 0.6 is 0 Å². The van der Waals surface area contributed by atoms with Crippen LogP contribution in [0.1, 0.15) is 60.3 Å². The molecule has 0 N–H and O–H groups in total. The van der Waals surface area contributed by atoms with Gasteiger partial charge in [0, 0.05) is 0 Å². The zero-order valence-electron chi connectivity index (χ0n) is 12.2. The van der Waals surface area contributed by atoms with E-state index in [0.717, 1.165) is 19.3 Å². The minimum Gasteiger partial charge on any atom is -0.462 e. The van der Waals surface area contributed by atoms with Gasteiger partial charge in [0.1, 0.15) is 0 Å². The van der Waals surface area contributed by atoms with E-state index in [1.54, 1.807) is 27.7 Å². The van der Waals surface area contributed by atoms with E-state index in [9.17, 15) is 9.59 Å². The van der Waals surface area contributed by atoms with Crippen LogP contribution in [-0.4, -0.2) is 24.1 Å². The summed E-state index contributed by atoms with van der Waals surface area (Å²) in [5.74, 6) is -1.71. The van der Waals surface area contributed by atoms with Crippen molar-refractivity contribution in [3.63, 3.8) is 0 Å². The van der Waals surface area contributed by atoms with Gasteiger partial charge in [-0.25, -0.2) is 0 Å². The molecule has 0 saturated heterocycles. The summed E-state index contributed by atoms with van der Waals surface area (Å²) in [5, 5.41) is 0. The van der Waals surface area contributed by atoms with Crippen LogP contribution in [0.5, 0.6) is 0 Å². The Morgan fingerprint density at radius 1 is 0.889 bits per heavy atom. The number of carbonyl (C=O) groups excluding carboxylic acids is 2. The van der Waals surface area contributed by atoms with E-state index < -0.39 is 17.9 Å². The molecule has 0 aliphatic rings. The normalized spacial score (nSPS) is 11.1. The average molecular weight is 258 g/mol. The maximum absolute atomic E-state index is 11.8. The van der Waals surface area contributed by atoms with Gasteiger partial charge in [-0.1, -0.05) is 26.2 Å². The number of unbranched alkanes of at least 4 members (excludes halogenated alkanes) is 2. The molecular weight excluding hydrogens is 232 g/mol. The number of hydrogen-bond acceptors (Lipinski definition) is 4. The fraction of sp³-hybridized carbons (Fsp3) is 0.857. The van der Waals surface area contributed by atoms with Gasteiger partial charge in [0.25, 0.3) is 0 Å². The highest BCUT2D eigenvalue weighted by atomic mass is 16.6. The van der Waals surface area contributed by atoms with E-state index in [-0.39, 0.29) is 12.2 Å². The lowest BCUT2D eigenvalue weighted by molar-refractivity contribution is -0.166. The van der Waals surface area contributed by atoms with E-state index in [1.165, 1.54) is 0 Å². The molecule has 0 radical (unpaired) electrons. The summed E-state index contributed by atoms with van der Waals surface area (Å²) in [6, 6.07) is 0. The lowest BCUT2D eigenvalue weighted by Crippen LogP contribution is -2.31. The Morgan fingerprint density at radius 3 is 1.67 bits per heavy atom. The van der Waals surface area contributed by atoms with Gasteiger partial charge < -0.3 is 9.47 Å². The van der Waals surface area contributed by atoms with Crippen LogP contribution in [-0.2, 0) is 19.1 Å². The molecule has 4 heteroatoms. The van der Waals surface area contributed by atoms with Crippen LogP contribution in [0.3, 0.4) is 0 Å². The molecule has 0 aliphatic carbocycles. The van der Waals surface area contributed by atoms with E-state index in [2.05, 4.69) is 6.92 Å². The predicted octanol–water partition coefficient (Wildman–Crippen LogP) is 3.09. The summed E-state index contributed by atoms with van der Waals surface area (Å²) in [5.41, 5.74) is 0. The van der Waals surface area contributed by atoms with Gasteiger partial charge in [0.15, 0.2) is 5.92 Å². The molecule has 0 unspecified atom stereocenters. The summed E-state index contributed by atoms with van der Waals surface area (Å²) in [4.78, 5) is 23.7. The highest BCUT2D eigenvalue weighted by Crippen LogP contribution is 2.15. The molecule has 0 aromatic carbocycles. The first-order valence-electron chi connectivity index (χ1n) is 6.79. The average Bonchev–Trinajstić information content (AvgIpc) is 2.21. The minimum absolute atomic E-state index is 0.210. The molecule has 106 valence electrons. The molecule has 0 aromatic rings. The number of esters is 2. The van der Waals surface area contributed by atoms with Crippen molar-refractivity contribution in [2.75, 3.05) is 0 Å². The lowest BCUT2D eigenvalue weighted by atomic mass is 10.0. The number of rotatable bonds is 8. The molecule has 4 nitrogen and oxygen atoms in total. The molecule has 0 fully saturated rings. The second kappa shape index (κ2) is 8.95. The number of ether oxygens (including phenoxy) is 2. The molecule has 0 atom stereocenters. The molecule has 0 saturated carbocycles. The fourth-order valence-corrected chi connectivity index (χ4v) is 1.56. The van der Waals surface area contributed by atoms with Crippen molar-refractivity contribution in [3.8, 4) is 0 Å². The maximum Gasteiger partial charge on any atom is 0.320 e. The summed E-state index contributed by atoms with van der Waals surface area (Å²) in [6.07, 6.45) is 2.97. The molecule has 0 spiro atoms. The van der Waals surface area contributed by atoms with Gasteiger partial charge in [0.2, 0.25) is 0 Å². The summed E-state index contributed by atoms with van der Waals surface area (Å²) in [7, 11) is 0. The van der Waals surface area contributed by atoms with Crippen molar-refractivity contribution < 1.29 is 19.1 Å². The first-order chi connectivity index (χ1) is 8.38. The molecule has 0 bridgehead atoms. The summed E-state index contributed by atoms with van der Waals surface area (Å²) >= 11 is 0. The summed E-state index contributed by atoms with van der Waals surface area (Å²) in [6.45, 7) is 9.17. The first kappa shape index (κ1) is 16.9.